The second kappa shape index (κ2) is 4.81. The molecule has 0 aromatic heterocycles. The van der Waals surface area contributed by atoms with Crippen LogP contribution in [0.2, 0.25) is 19.6 Å². The van der Waals surface area contributed by atoms with Gasteiger partial charge < -0.3 is 4.43 Å². The summed E-state index contributed by atoms with van der Waals surface area (Å²) in [5.74, 6) is 0. The van der Waals surface area contributed by atoms with Crippen LogP contribution in [-0.2, 0) is 4.43 Å². The molecule has 16 heavy (non-hydrogen) atoms. The van der Waals surface area contributed by atoms with Gasteiger partial charge in [0.25, 0.3) is 0 Å². The van der Waals surface area contributed by atoms with E-state index in [0.29, 0.717) is 0 Å². The first-order valence-corrected chi connectivity index (χ1v) is 8.89. The molecule has 0 aliphatic carbocycles. The van der Waals surface area contributed by atoms with Gasteiger partial charge in [-0.3, -0.25) is 0 Å². The van der Waals surface area contributed by atoms with Crippen LogP contribution < -0.4 is 0 Å². The minimum Gasteiger partial charge on any atom is -0.399 e. The summed E-state index contributed by atoms with van der Waals surface area (Å²) in [7, 11) is -1.68. The van der Waals surface area contributed by atoms with Gasteiger partial charge in [-0.05, 0) is 44.6 Å². The standard InChI is InChI=1S/C13H19NOSi/c1-10-6-7-12(11(2)8-10)13(9-14)15-16(3,4)5/h6-8,13H,1-5H3. The molecule has 0 amide bonds. The molecule has 1 atom stereocenters. The summed E-state index contributed by atoms with van der Waals surface area (Å²) in [5, 5.41) is 9.18. The lowest BCUT2D eigenvalue weighted by Crippen LogP contribution is -2.27. The molecule has 1 unspecified atom stereocenters. The van der Waals surface area contributed by atoms with E-state index in [-0.39, 0.29) is 0 Å². The van der Waals surface area contributed by atoms with E-state index in [1.165, 1.54) is 5.56 Å². The molecule has 0 aliphatic heterocycles. The van der Waals surface area contributed by atoms with Gasteiger partial charge in [-0.15, -0.1) is 0 Å². The molecule has 0 bridgehead atoms. The van der Waals surface area contributed by atoms with Crippen LogP contribution in [0.25, 0.3) is 0 Å². The van der Waals surface area contributed by atoms with E-state index in [0.717, 1.165) is 11.1 Å². The fraction of sp³-hybridized carbons (Fsp3) is 0.462. The van der Waals surface area contributed by atoms with Crippen LogP contribution in [0.15, 0.2) is 18.2 Å². The van der Waals surface area contributed by atoms with Gasteiger partial charge in [0.15, 0.2) is 14.4 Å². The van der Waals surface area contributed by atoms with E-state index in [9.17, 15) is 5.26 Å². The van der Waals surface area contributed by atoms with Crippen molar-refractivity contribution in [2.75, 3.05) is 0 Å². The fourth-order valence-corrected chi connectivity index (χ4v) is 2.52. The molecule has 2 nitrogen and oxygen atoms in total. The number of nitrogens with zero attached hydrogens (tertiary/aromatic N) is 1. The van der Waals surface area contributed by atoms with E-state index in [2.05, 4.69) is 38.7 Å². The number of rotatable bonds is 3. The van der Waals surface area contributed by atoms with Gasteiger partial charge in [0.2, 0.25) is 0 Å². The maximum atomic E-state index is 9.18. The molecule has 0 saturated heterocycles. The molecule has 0 N–H and O–H groups in total. The predicted octanol–water partition coefficient (Wildman–Crippen LogP) is 3.72. The smallest absolute Gasteiger partial charge is 0.186 e. The Bertz CT molecular complexity index is 415. The SMILES string of the molecule is Cc1ccc(C(C#N)O[Si](C)(C)C)c(C)c1. The molecule has 1 rings (SSSR count). The average molecular weight is 233 g/mol. The normalized spacial score (nSPS) is 13.2. The first-order chi connectivity index (χ1) is 7.33. The molecule has 3 heteroatoms. The van der Waals surface area contributed by atoms with E-state index >= 15 is 0 Å². The lowest BCUT2D eigenvalue weighted by Gasteiger charge is -2.23. The second-order valence-electron chi connectivity index (χ2n) is 5.10. The molecule has 0 spiro atoms. The Morgan fingerprint density at radius 3 is 2.31 bits per heavy atom. The van der Waals surface area contributed by atoms with Gasteiger partial charge in [-0.25, -0.2) is 0 Å². The van der Waals surface area contributed by atoms with Crippen molar-refractivity contribution in [1.29, 1.82) is 5.26 Å². The molecule has 0 saturated carbocycles. The zero-order valence-electron chi connectivity index (χ0n) is 10.7. The Hall–Kier alpha value is -1.11. The zero-order chi connectivity index (χ0) is 12.3. The first-order valence-electron chi connectivity index (χ1n) is 5.48. The van der Waals surface area contributed by atoms with Crippen molar-refractivity contribution in [3.05, 3.63) is 34.9 Å². The number of aryl methyl sites for hydroxylation is 2. The van der Waals surface area contributed by atoms with Crippen molar-refractivity contribution in [3.8, 4) is 6.07 Å². The largest absolute Gasteiger partial charge is 0.399 e. The average Bonchev–Trinajstić information content (AvgIpc) is 2.13. The quantitative estimate of drug-likeness (QED) is 0.745. The van der Waals surface area contributed by atoms with Gasteiger partial charge in [0.1, 0.15) is 0 Å². The van der Waals surface area contributed by atoms with Crippen LogP contribution in [-0.4, -0.2) is 8.32 Å². The van der Waals surface area contributed by atoms with Crippen molar-refractivity contribution < 1.29 is 4.43 Å². The third-order valence-corrected chi connectivity index (χ3v) is 3.24. The molecular formula is C13H19NOSi. The van der Waals surface area contributed by atoms with Crippen LogP contribution in [0.5, 0.6) is 0 Å². The van der Waals surface area contributed by atoms with Crippen molar-refractivity contribution in [1.82, 2.24) is 0 Å². The Labute approximate surface area is 99.0 Å². The highest BCUT2D eigenvalue weighted by Crippen LogP contribution is 2.25. The van der Waals surface area contributed by atoms with Crippen molar-refractivity contribution in [3.63, 3.8) is 0 Å². The van der Waals surface area contributed by atoms with Gasteiger partial charge in [-0.1, -0.05) is 23.8 Å². The Morgan fingerprint density at radius 1 is 1.25 bits per heavy atom. The fourth-order valence-electron chi connectivity index (χ4n) is 1.63. The van der Waals surface area contributed by atoms with Gasteiger partial charge in [0, 0.05) is 0 Å². The summed E-state index contributed by atoms with van der Waals surface area (Å²) in [5.41, 5.74) is 3.34. The molecule has 0 radical (unpaired) electrons. The van der Waals surface area contributed by atoms with Crippen LogP contribution in [0.4, 0.5) is 0 Å². The van der Waals surface area contributed by atoms with Crippen LogP contribution in [0.1, 0.15) is 22.8 Å². The Kier molecular flexibility index (Phi) is 3.90. The predicted molar refractivity (Wildman–Crippen MR) is 68.7 cm³/mol. The minimum atomic E-state index is -1.68. The summed E-state index contributed by atoms with van der Waals surface area (Å²) in [6.07, 6.45) is -0.424. The molecule has 1 aromatic rings. The highest BCUT2D eigenvalue weighted by atomic mass is 28.4. The van der Waals surface area contributed by atoms with E-state index in [4.69, 9.17) is 4.43 Å². The van der Waals surface area contributed by atoms with E-state index in [1.807, 2.05) is 19.1 Å². The topological polar surface area (TPSA) is 33.0 Å². The lowest BCUT2D eigenvalue weighted by atomic mass is 10.0. The van der Waals surface area contributed by atoms with Crippen molar-refractivity contribution >= 4 is 8.32 Å². The van der Waals surface area contributed by atoms with Crippen molar-refractivity contribution in [2.45, 2.75) is 39.6 Å². The lowest BCUT2D eigenvalue weighted by molar-refractivity contribution is 0.254. The van der Waals surface area contributed by atoms with Crippen LogP contribution in [0.3, 0.4) is 0 Å². The molecule has 0 fully saturated rings. The van der Waals surface area contributed by atoms with E-state index in [1.54, 1.807) is 0 Å². The maximum absolute atomic E-state index is 9.18. The summed E-state index contributed by atoms with van der Waals surface area (Å²) < 4.78 is 5.87. The molecule has 0 aliphatic rings. The summed E-state index contributed by atoms with van der Waals surface area (Å²) in [6, 6.07) is 8.36. The highest BCUT2D eigenvalue weighted by molar-refractivity contribution is 6.69. The molecular weight excluding hydrogens is 214 g/mol. The van der Waals surface area contributed by atoms with Crippen LogP contribution >= 0.6 is 0 Å². The van der Waals surface area contributed by atoms with Gasteiger partial charge in [-0.2, -0.15) is 5.26 Å². The summed E-state index contributed by atoms with van der Waals surface area (Å²) in [6.45, 7) is 10.4. The zero-order valence-corrected chi connectivity index (χ0v) is 11.7. The van der Waals surface area contributed by atoms with Crippen LogP contribution in [0, 0.1) is 25.2 Å². The Morgan fingerprint density at radius 2 is 1.88 bits per heavy atom. The number of hydrogen-bond acceptors (Lipinski definition) is 2. The monoisotopic (exact) mass is 233 g/mol. The summed E-state index contributed by atoms with van der Waals surface area (Å²) in [4.78, 5) is 0. The number of hydrogen-bond donors (Lipinski definition) is 0. The number of benzene rings is 1. The molecule has 86 valence electrons. The maximum Gasteiger partial charge on any atom is 0.186 e. The molecule has 1 aromatic carbocycles. The Balaban J connectivity index is 3.01. The third kappa shape index (κ3) is 3.48. The van der Waals surface area contributed by atoms with Crippen molar-refractivity contribution in [2.24, 2.45) is 0 Å². The summed E-state index contributed by atoms with van der Waals surface area (Å²) >= 11 is 0. The second-order valence-corrected chi connectivity index (χ2v) is 9.56. The van der Waals surface area contributed by atoms with Gasteiger partial charge in [0.05, 0.1) is 6.07 Å². The van der Waals surface area contributed by atoms with Gasteiger partial charge >= 0.3 is 0 Å². The molecule has 0 heterocycles. The third-order valence-electron chi connectivity index (χ3n) is 2.30. The highest BCUT2D eigenvalue weighted by Gasteiger charge is 2.23. The minimum absolute atomic E-state index is 0.424. The number of nitriles is 1. The first kappa shape index (κ1) is 13.0. The van der Waals surface area contributed by atoms with E-state index < -0.39 is 14.4 Å².